The van der Waals surface area contributed by atoms with Crippen molar-refractivity contribution in [3.05, 3.63) is 53.6 Å². The quantitative estimate of drug-likeness (QED) is 0.698. The maximum absolute atomic E-state index is 12.8. The van der Waals surface area contributed by atoms with Gasteiger partial charge in [0.15, 0.2) is 0 Å². The first kappa shape index (κ1) is 21.4. The zero-order chi connectivity index (χ0) is 21.2. The van der Waals surface area contributed by atoms with Gasteiger partial charge in [-0.2, -0.15) is 0 Å². The molecule has 1 aliphatic heterocycles. The summed E-state index contributed by atoms with van der Waals surface area (Å²) in [5, 5.41) is 0. The number of sulfonamides is 1. The Kier molecular flexibility index (Phi) is 6.32. The first-order chi connectivity index (χ1) is 13.7. The zero-order valence-corrected chi connectivity index (χ0v) is 18.4. The molecule has 0 aliphatic carbocycles. The van der Waals surface area contributed by atoms with Gasteiger partial charge in [0.1, 0.15) is 0 Å². The molecule has 0 saturated carbocycles. The highest BCUT2D eigenvalue weighted by molar-refractivity contribution is 7.92. The molecule has 1 N–H and O–H groups in total. The Morgan fingerprint density at radius 3 is 2.31 bits per heavy atom. The molecular formula is C23H30N2O3S. The highest BCUT2D eigenvalue weighted by atomic mass is 32.2. The van der Waals surface area contributed by atoms with Crippen molar-refractivity contribution in [3.8, 4) is 0 Å². The van der Waals surface area contributed by atoms with Gasteiger partial charge in [-0.1, -0.05) is 39.8 Å². The molecule has 1 heterocycles. The lowest BCUT2D eigenvalue weighted by molar-refractivity contribution is -0.118. The molecule has 0 radical (unpaired) electrons. The molecule has 0 fully saturated rings. The number of rotatable bonds is 7. The van der Waals surface area contributed by atoms with Crippen LogP contribution >= 0.6 is 0 Å². The Morgan fingerprint density at radius 2 is 1.69 bits per heavy atom. The van der Waals surface area contributed by atoms with Crippen molar-refractivity contribution in [2.24, 2.45) is 5.92 Å². The minimum absolute atomic E-state index is 0.136. The van der Waals surface area contributed by atoms with Crippen molar-refractivity contribution in [2.45, 2.75) is 57.8 Å². The summed E-state index contributed by atoms with van der Waals surface area (Å²) in [6, 6.07) is 12.4. The van der Waals surface area contributed by atoms with Crippen LogP contribution in [0.1, 0.15) is 57.6 Å². The number of anilines is 2. The molecule has 0 saturated heterocycles. The topological polar surface area (TPSA) is 66.5 Å². The van der Waals surface area contributed by atoms with E-state index < -0.39 is 10.0 Å². The third kappa shape index (κ3) is 4.99. The molecule has 0 bridgehead atoms. The summed E-state index contributed by atoms with van der Waals surface area (Å²) in [4.78, 5) is 14.4. The molecular weight excluding hydrogens is 384 g/mol. The number of aryl methyl sites for hydroxylation is 1. The molecule has 0 aromatic heterocycles. The van der Waals surface area contributed by atoms with Crippen LogP contribution in [-0.4, -0.2) is 20.9 Å². The molecule has 2 aromatic carbocycles. The van der Waals surface area contributed by atoms with Gasteiger partial charge >= 0.3 is 0 Å². The van der Waals surface area contributed by atoms with Crippen molar-refractivity contribution in [2.75, 3.05) is 16.2 Å². The Labute approximate surface area is 174 Å². The van der Waals surface area contributed by atoms with Crippen LogP contribution in [0.5, 0.6) is 0 Å². The Morgan fingerprint density at radius 1 is 1.00 bits per heavy atom. The van der Waals surface area contributed by atoms with Crippen LogP contribution in [0.15, 0.2) is 47.4 Å². The molecule has 1 amide bonds. The molecule has 0 atom stereocenters. The summed E-state index contributed by atoms with van der Waals surface area (Å²) < 4.78 is 28.2. The van der Waals surface area contributed by atoms with Gasteiger partial charge in [-0.25, -0.2) is 8.42 Å². The number of nitrogens with one attached hydrogen (secondary N) is 1. The van der Waals surface area contributed by atoms with Gasteiger partial charge in [0.25, 0.3) is 10.0 Å². The number of hydrogen-bond acceptors (Lipinski definition) is 3. The fourth-order valence-electron chi connectivity index (χ4n) is 3.50. The van der Waals surface area contributed by atoms with E-state index in [1.165, 1.54) is 0 Å². The Hall–Kier alpha value is -2.34. The van der Waals surface area contributed by atoms with Gasteiger partial charge in [0.05, 0.1) is 4.90 Å². The van der Waals surface area contributed by atoms with E-state index in [-0.39, 0.29) is 10.8 Å². The van der Waals surface area contributed by atoms with Gasteiger partial charge in [-0.05, 0) is 66.1 Å². The molecule has 2 aromatic rings. The predicted octanol–water partition coefficient (Wildman–Crippen LogP) is 4.94. The minimum Gasteiger partial charge on any atom is -0.312 e. The fraction of sp³-hybridized carbons (Fsp3) is 0.435. The number of carbonyl (C=O) groups excluding carboxylic acids is 1. The Bertz CT molecular complexity index is 980. The first-order valence-corrected chi connectivity index (χ1v) is 11.7. The zero-order valence-electron chi connectivity index (χ0n) is 17.6. The highest BCUT2D eigenvalue weighted by Gasteiger charge is 2.25. The number of nitrogens with zero attached hydrogens (tertiary/aromatic N) is 1. The van der Waals surface area contributed by atoms with E-state index in [9.17, 15) is 13.2 Å². The maximum atomic E-state index is 12.8. The van der Waals surface area contributed by atoms with Crippen LogP contribution in [0.25, 0.3) is 0 Å². The number of benzene rings is 2. The van der Waals surface area contributed by atoms with E-state index in [4.69, 9.17) is 0 Å². The lowest BCUT2D eigenvalue weighted by Crippen LogP contribution is -2.36. The number of hydrogen-bond donors (Lipinski definition) is 1. The van der Waals surface area contributed by atoms with Gasteiger partial charge in [-0.3, -0.25) is 9.52 Å². The second kappa shape index (κ2) is 8.57. The third-order valence-corrected chi connectivity index (χ3v) is 6.72. The van der Waals surface area contributed by atoms with Crippen LogP contribution in [0.2, 0.25) is 0 Å². The van der Waals surface area contributed by atoms with Crippen molar-refractivity contribution in [3.63, 3.8) is 0 Å². The van der Waals surface area contributed by atoms with Crippen LogP contribution < -0.4 is 9.62 Å². The third-order valence-electron chi connectivity index (χ3n) is 5.32. The minimum atomic E-state index is -3.66. The van der Waals surface area contributed by atoms with E-state index >= 15 is 0 Å². The average molecular weight is 415 g/mol. The van der Waals surface area contributed by atoms with Gasteiger partial charge < -0.3 is 4.90 Å². The largest absolute Gasteiger partial charge is 0.312 e. The van der Waals surface area contributed by atoms with Gasteiger partial charge in [0, 0.05) is 24.3 Å². The van der Waals surface area contributed by atoms with Crippen LogP contribution in [0.4, 0.5) is 11.4 Å². The lowest BCUT2D eigenvalue weighted by Gasteiger charge is -2.30. The van der Waals surface area contributed by atoms with E-state index in [0.717, 1.165) is 23.2 Å². The summed E-state index contributed by atoms with van der Waals surface area (Å²) >= 11 is 0. The van der Waals surface area contributed by atoms with Crippen LogP contribution in [-0.2, 0) is 21.2 Å². The molecule has 0 unspecified atom stereocenters. The highest BCUT2D eigenvalue weighted by Crippen LogP contribution is 2.31. The smallest absolute Gasteiger partial charge is 0.261 e. The lowest BCUT2D eigenvalue weighted by atomic mass is 9.99. The standard InChI is InChI=1S/C23H30N2O3S/c1-16(2)13-14-25-22-11-8-20(15-19(22)7-12-23(25)26)24-29(27,28)21-9-5-18(6-10-21)17(3)4/h5-6,8-11,15-17,24H,7,12-14H2,1-4H3. The van der Waals surface area contributed by atoms with Crippen LogP contribution in [0, 0.1) is 5.92 Å². The molecule has 0 spiro atoms. The normalized spacial score (nSPS) is 14.4. The molecule has 5 nitrogen and oxygen atoms in total. The van der Waals surface area contributed by atoms with E-state index in [0.29, 0.717) is 36.9 Å². The summed E-state index contributed by atoms with van der Waals surface area (Å²) in [6.45, 7) is 9.12. The number of fused-ring (bicyclic) bond motifs is 1. The molecule has 29 heavy (non-hydrogen) atoms. The predicted molar refractivity (Wildman–Crippen MR) is 118 cm³/mol. The SMILES string of the molecule is CC(C)CCN1C(=O)CCc2cc(NS(=O)(=O)c3ccc(C(C)C)cc3)ccc21. The van der Waals surface area contributed by atoms with E-state index in [1.54, 1.807) is 18.2 Å². The van der Waals surface area contributed by atoms with Crippen LogP contribution in [0.3, 0.4) is 0 Å². The van der Waals surface area contributed by atoms with E-state index in [2.05, 4.69) is 32.4 Å². The molecule has 156 valence electrons. The van der Waals surface area contributed by atoms with Crippen molar-refractivity contribution >= 4 is 27.3 Å². The second-order valence-corrected chi connectivity index (χ2v) is 10.1. The average Bonchev–Trinajstić information content (AvgIpc) is 2.67. The Balaban J connectivity index is 1.81. The first-order valence-electron chi connectivity index (χ1n) is 10.2. The van der Waals surface area contributed by atoms with Crippen molar-refractivity contribution in [1.82, 2.24) is 0 Å². The summed E-state index contributed by atoms with van der Waals surface area (Å²) in [7, 11) is -3.66. The monoisotopic (exact) mass is 414 g/mol. The fourth-order valence-corrected chi connectivity index (χ4v) is 4.55. The van der Waals surface area contributed by atoms with Gasteiger partial charge in [-0.15, -0.1) is 0 Å². The number of amides is 1. The van der Waals surface area contributed by atoms with Crippen molar-refractivity contribution < 1.29 is 13.2 Å². The second-order valence-electron chi connectivity index (χ2n) is 8.40. The number of carbonyl (C=O) groups is 1. The van der Waals surface area contributed by atoms with Gasteiger partial charge in [0.2, 0.25) is 5.91 Å². The molecule has 1 aliphatic rings. The summed E-state index contributed by atoms with van der Waals surface area (Å²) in [5.41, 5.74) is 3.52. The molecule has 6 heteroatoms. The molecule has 3 rings (SSSR count). The van der Waals surface area contributed by atoms with Crippen molar-refractivity contribution in [1.29, 1.82) is 0 Å². The summed E-state index contributed by atoms with van der Waals surface area (Å²) in [6.07, 6.45) is 2.02. The van der Waals surface area contributed by atoms with E-state index in [1.807, 2.05) is 29.2 Å². The maximum Gasteiger partial charge on any atom is 0.261 e. The summed E-state index contributed by atoms with van der Waals surface area (Å²) in [5.74, 6) is 1.000.